The predicted octanol–water partition coefficient (Wildman–Crippen LogP) is 3.31. The molecule has 2 rings (SSSR count). The van der Waals surface area contributed by atoms with E-state index in [-0.39, 0.29) is 5.82 Å². The summed E-state index contributed by atoms with van der Waals surface area (Å²) in [6.07, 6.45) is 0. The van der Waals surface area contributed by atoms with Crippen molar-refractivity contribution >= 4 is 5.69 Å². The second kappa shape index (κ2) is 5.13. The normalized spacial score (nSPS) is 9.65. The van der Waals surface area contributed by atoms with Gasteiger partial charge in [0, 0.05) is 12.2 Å². The van der Waals surface area contributed by atoms with Crippen LogP contribution in [0.15, 0.2) is 48.5 Å². The Morgan fingerprint density at radius 1 is 1.12 bits per heavy atom. The van der Waals surface area contributed by atoms with Crippen molar-refractivity contribution < 1.29 is 4.39 Å². The van der Waals surface area contributed by atoms with Gasteiger partial charge in [-0.15, -0.1) is 0 Å². The van der Waals surface area contributed by atoms with E-state index in [0.717, 1.165) is 11.3 Å². The molecule has 1 N–H and O–H groups in total. The minimum absolute atomic E-state index is 0.263. The van der Waals surface area contributed by atoms with Gasteiger partial charge in [0.1, 0.15) is 5.82 Å². The number of nitrogens with zero attached hydrogens (tertiary/aromatic N) is 1. The number of nitriles is 1. The highest BCUT2D eigenvalue weighted by atomic mass is 19.1. The van der Waals surface area contributed by atoms with E-state index in [1.165, 1.54) is 12.1 Å². The third kappa shape index (κ3) is 3.05. The Morgan fingerprint density at radius 3 is 2.71 bits per heavy atom. The zero-order chi connectivity index (χ0) is 12.1. The highest BCUT2D eigenvalue weighted by molar-refractivity contribution is 5.44. The molecule has 0 saturated carbocycles. The van der Waals surface area contributed by atoms with Gasteiger partial charge in [0.2, 0.25) is 0 Å². The molecule has 0 radical (unpaired) electrons. The summed E-state index contributed by atoms with van der Waals surface area (Å²) in [5, 5.41) is 11.9. The minimum atomic E-state index is -0.263. The zero-order valence-corrected chi connectivity index (χ0v) is 9.15. The number of hydrogen-bond acceptors (Lipinski definition) is 2. The molecular formula is C14H11FN2. The molecule has 0 saturated heterocycles. The monoisotopic (exact) mass is 226 g/mol. The molecule has 0 spiro atoms. The molecule has 0 unspecified atom stereocenters. The Balaban J connectivity index is 2.05. The van der Waals surface area contributed by atoms with Gasteiger partial charge in [0.25, 0.3) is 0 Å². The topological polar surface area (TPSA) is 35.8 Å². The second-order valence-corrected chi connectivity index (χ2v) is 3.68. The quantitative estimate of drug-likeness (QED) is 0.871. The fourth-order valence-corrected chi connectivity index (χ4v) is 1.55. The van der Waals surface area contributed by atoms with E-state index in [0.29, 0.717) is 12.1 Å². The number of hydrogen-bond donors (Lipinski definition) is 1. The fraction of sp³-hybridized carbons (Fsp3) is 0.0714. The summed E-state index contributed by atoms with van der Waals surface area (Å²) in [6, 6.07) is 15.7. The molecule has 0 bridgehead atoms. The van der Waals surface area contributed by atoms with Crippen LogP contribution in [0, 0.1) is 17.1 Å². The molecule has 0 aliphatic rings. The van der Waals surface area contributed by atoms with Gasteiger partial charge in [-0.25, -0.2) is 4.39 Å². The highest BCUT2D eigenvalue weighted by Gasteiger charge is 1.97. The maximum atomic E-state index is 12.9. The summed E-state index contributed by atoms with van der Waals surface area (Å²) in [5.41, 5.74) is 2.35. The van der Waals surface area contributed by atoms with Gasteiger partial charge in [-0.05, 0) is 35.9 Å². The van der Waals surface area contributed by atoms with Crippen LogP contribution < -0.4 is 5.32 Å². The molecule has 3 heteroatoms. The van der Waals surface area contributed by atoms with E-state index in [1.54, 1.807) is 18.2 Å². The molecule has 0 amide bonds. The zero-order valence-electron chi connectivity index (χ0n) is 9.15. The van der Waals surface area contributed by atoms with Crippen molar-refractivity contribution in [3.63, 3.8) is 0 Å². The lowest BCUT2D eigenvalue weighted by molar-refractivity contribution is 0.628. The first-order valence-corrected chi connectivity index (χ1v) is 5.26. The van der Waals surface area contributed by atoms with E-state index in [9.17, 15) is 4.39 Å². The van der Waals surface area contributed by atoms with E-state index < -0.39 is 0 Å². The molecule has 2 aromatic carbocycles. The van der Waals surface area contributed by atoms with Crippen molar-refractivity contribution in [1.82, 2.24) is 0 Å². The lowest BCUT2D eigenvalue weighted by atomic mass is 10.1. The second-order valence-electron chi connectivity index (χ2n) is 3.68. The average Bonchev–Trinajstić information content (AvgIpc) is 2.37. The van der Waals surface area contributed by atoms with Crippen molar-refractivity contribution in [3.05, 3.63) is 65.5 Å². The number of benzene rings is 2. The van der Waals surface area contributed by atoms with Crippen LogP contribution in [0.3, 0.4) is 0 Å². The fourth-order valence-electron chi connectivity index (χ4n) is 1.55. The molecule has 2 nitrogen and oxygen atoms in total. The van der Waals surface area contributed by atoms with E-state index in [1.807, 2.05) is 18.2 Å². The van der Waals surface area contributed by atoms with E-state index in [4.69, 9.17) is 5.26 Å². The van der Waals surface area contributed by atoms with Crippen molar-refractivity contribution in [2.45, 2.75) is 6.54 Å². The Labute approximate surface area is 99.3 Å². The molecule has 0 fully saturated rings. The maximum absolute atomic E-state index is 12.9. The number of anilines is 1. The van der Waals surface area contributed by atoms with Crippen molar-refractivity contribution in [1.29, 1.82) is 5.26 Å². The van der Waals surface area contributed by atoms with Crippen molar-refractivity contribution in [2.24, 2.45) is 0 Å². The average molecular weight is 226 g/mol. The van der Waals surface area contributed by atoms with Crippen molar-refractivity contribution in [3.8, 4) is 6.07 Å². The van der Waals surface area contributed by atoms with Crippen LogP contribution in [0.4, 0.5) is 10.1 Å². The van der Waals surface area contributed by atoms with Gasteiger partial charge < -0.3 is 5.32 Å². The van der Waals surface area contributed by atoms with Crippen molar-refractivity contribution in [2.75, 3.05) is 5.32 Å². The predicted molar refractivity (Wildman–Crippen MR) is 64.9 cm³/mol. The number of rotatable bonds is 3. The molecule has 2 aromatic rings. The molecule has 84 valence electrons. The Morgan fingerprint density at radius 2 is 1.94 bits per heavy atom. The van der Waals surface area contributed by atoms with Gasteiger partial charge in [-0.1, -0.05) is 18.2 Å². The molecule has 0 aliphatic carbocycles. The smallest absolute Gasteiger partial charge is 0.125 e. The lowest BCUT2D eigenvalue weighted by Crippen LogP contribution is -1.99. The third-order valence-corrected chi connectivity index (χ3v) is 2.38. The summed E-state index contributed by atoms with van der Waals surface area (Å²) < 4.78 is 12.9. The molecule has 0 atom stereocenters. The third-order valence-electron chi connectivity index (χ3n) is 2.38. The Bertz CT molecular complexity index is 558. The SMILES string of the molecule is N#Cc1cccc(CNc2cccc(F)c2)c1. The van der Waals surface area contributed by atoms with Gasteiger partial charge in [-0.2, -0.15) is 5.26 Å². The number of halogens is 1. The van der Waals surface area contributed by atoms with E-state index >= 15 is 0 Å². The van der Waals surface area contributed by atoms with Gasteiger partial charge in [-0.3, -0.25) is 0 Å². The first-order valence-electron chi connectivity index (χ1n) is 5.26. The minimum Gasteiger partial charge on any atom is -0.381 e. The van der Waals surface area contributed by atoms with Crippen LogP contribution in [0.2, 0.25) is 0 Å². The lowest BCUT2D eigenvalue weighted by Gasteiger charge is -2.06. The molecule has 0 aromatic heterocycles. The Hall–Kier alpha value is -2.34. The van der Waals surface area contributed by atoms with Crippen LogP contribution in [0.25, 0.3) is 0 Å². The highest BCUT2D eigenvalue weighted by Crippen LogP contribution is 2.11. The molecular weight excluding hydrogens is 215 g/mol. The van der Waals surface area contributed by atoms with Crippen LogP contribution in [-0.4, -0.2) is 0 Å². The van der Waals surface area contributed by atoms with Crippen LogP contribution in [0.1, 0.15) is 11.1 Å². The van der Waals surface area contributed by atoms with Gasteiger partial charge in [0.15, 0.2) is 0 Å². The summed E-state index contributed by atoms with van der Waals surface area (Å²) in [4.78, 5) is 0. The van der Waals surface area contributed by atoms with Gasteiger partial charge in [0.05, 0.1) is 11.6 Å². The summed E-state index contributed by atoms with van der Waals surface area (Å²) in [6.45, 7) is 0.568. The number of nitrogens with one attached hydrogen (secondary N) is 1. The Kier molecular flexibility index (Phi) is 3.37. The van der Waals surface area contributed by atoms with Gasteiger partial charge >= 0.3 is 0 Å². The molecule has 0 aliphatic heterocycles. The largest absolute Gasteiger partial charge is 0.381 e. The van der Waals surface area contributed by atoms with Crippen LogP contribution in [0.5, 0.6) is 0 Å². The first-order chi connectivity index (χ1) is 8.28. The summed E-state index contributed by atoms with van der Waals surface area (Å²) in [7, 11) is 0. The molecule has 17 heavy (non-hydrogen) atoms. The molecule has 0 heterocycles. The standard InChI is InChI=1S/C14H11FN2/c15-13-5-2-6-14(8-13)17-10-12-4-1-3-11(7-12)9-16/h1-8,17H,10H2. The maximum Gasteiger partial charge on any atom is 0.125 e. The van der Waals surface area contributed by atoms with Crippen LogP contribution in [-0.2, 0) is 6.54 Å². The first kappa shape index (κ1) is 11.2. The van der Waals surface area contributed by atoms with Crippen LogP contribution >= 0.6 is 0 Å². The van der Waals surface area contributed by atoms with E-state index in [2.05, 4.69) is 11.4 Å². The summed E-state index contributed by atoms with van der Waals surface area (Å²) in [5.74, 6) is -0.263. The summed E-state index contributed by atoms with van der Waals surface area (Å²) >= 11 is 0.